The molecule has 0 aromatic heterocycles. The van der Waals surface area contributed by atoms with E-state index in [4.69, 9.17) is 55.9 Å². The van der Waals surface area contributed by atoms with E-state index in [0.717, 1.165) is 32.4 Å². The van der Waals surface area contributed by atoms with Crippen molar-refractivity contribution in [2.24, 2.45) is 0 Å². The molecule has 0 amide bonds. The molecule has 4 aromatic rings. The summed E-state index contributed by atoms with van der Waals surface area (Å²) in [7, 11) is -1.49. The van der Waals surface area contributed by atoms with Crippen LogP contribution in [0, 0.1) is 0 Å². The molecule has 0 aliphatic carbocycles. The van der Waals surface area contributed by atoms with Crippen molar-refractivity contribution < 1.29 is 9.47 Å². The first-order valence-corrected chi connectivity index (χ1v) is 17.2. The molecule has 1 heterocycles. The summed E-state index contributed by atoms with van der Waals surface area (Å²) in [5.74, 6) is -0.683. The molecule has 202 valence electrons. The van der Waals surface area contributed by atoms with Crippen molar-refractivity contribution in [1.29, 1.82) is 0 Å². The van der Waals surface area contributed by atoms with Crippen molar-refractivity contribution in [2.75, 3.05) is 12.3 Å². The van der Waals surface area contributed by atoms with Crippen LogP contribution < -0.4 is 21.2 Å². The van der Waals surface area contributed by atoms with Gasteiger partial charge in [-0.15, -0.1) is 0 Å². The minimum atomic E-state index is -0.747. The van der Waals surface area contributed by atoms with Crippen molar-refractivity contribution in [1.82, 2.24) is 0 Å². The number of hydrogen-bond donors (Lipinski definition) is 0. The average Bonchev–Trinajstić information content (AvgIpc) is 3.21. The zero-order valence-electron chi connectivity index (χ0n) is 21.5. The van der Waals surface area contributed by atoms with Gasteiger partial charge in [-0.25, -0.2) is 0 Å². The summed E-state index contributed by atoms with van der Waals surface area (Å²) in [6.45, 7) is 4.00. The third-order valence-corrected chi connectivity index (χ3v) is 12.7. The average molecular weight is 636 g/mol. The molecular formula is C31H28Cl4O2P2. The fraction of sp³-hybridized carbons (Fsp3) is 0.226. The van der Waals surface area contributed by atoms with E-state index in [1.807, 2.05) is 62.4 Å². The first-order valence-electron chi connectivity index (χ1n) is 12.6. The maximum Gasteiger partial charge on any atom is 0.163 e. The molecule has 1 aliphatic rings. The number of halogens is 4. The lowest BCUT2D eigenvalue weighted by atomic mass is 10.3. The van der Waals surface area contributed by atoms with Gasteiger partial charge in [-0.2, -0.15) is 0 Å². The predicted molar refractivity (Wildman–Crippen MR) is 172 cm³/mol. The van der Waals surface area contributed by atoms with Gasteiger partial charge in [0.2, 0.25) is 0 Å². The SMILES string of the molecule is CC1(C)OC(CP(c2ccc(Cl)cc2)c2ccc(Cl)cc2)C(CP(c2ccc(Cl)cc2)c2ccc(Cl)cc2)O1. The molecule has 0 N–H and O–H groups in total. The van der Waals surface area contributed by atoms with E-state index in [1.165, 1.54) is 21.2 Å². The number of rotatable bonds is 8. The van der Waals surface area contributed by atoms with Gasteiger partial charge in [0.05, 0.1) is 12.2 Å². The van der Waals surface area contributed by atoms with Crippen LogP contribution in [-0.4, -0.2) is 30.3 Å². The molecule has 0 radical (unpaired) electrons. The second-order valence-electron chi connectivity index (χ2n) is 9.84. The van der Waals surface area contributed by atoms with Crippen molar-refractivity contribution in [3.05, 3.63) is 117 Å². The Morgan fingerprint density at radius 3 is 0.949 bits per heavy atom. The summed E-state index contributed by atoms with van der Waals surface area (Å²) in [5, 5.41) is 7.84. The van der Waals surface area contributed by atoms with E-state index in [-0.39, 0.29) is 12.2 Å². The molecule has 0 saturated carbocycles. The molecule has 2 unspecified atom stereocenters. The summed E-state index contributed by atoms with van der Waals surface area (Å²) in [5.41, 5.74) is 0. The van der Waals surface area contributed by atoms with E-state index in [1.54, 1.807) is 0 Å². The van der Waals surface area contributed by atoms with Crippen LogP contribution in [0.15, 0.2) is 97.1 Å². The Labute approximate surface area is 253 Å². The number of hydrogen-bond acceptors (Lipinski definition) is 2. The molecular weight excluding hydrogens is 608 g/mol. The lowest BCUT2D eigenvalue weighted by Gasteiger charge is -2.27. The van der Waals surface area contributed by atoms with Crippen molar-refractivity contribution >= 4 is 83.5 Å². The fourth-order valence-corrected chi connectivity index (χ4v) is 10.1. The van der Waals surface area contributed by atoms with Crippen LogP contribution in [0.2, 0.25) is 20.1 Å². The van der Waals surface area contributed by atoms with Gasteiger partial charge in [0.25, 0.3) is 0 Å². The molecule has 39 heavy (non-hydrogen) atoms. The standard InChI is InChI=1S/C31H28Cl4O2P2/c1-31(2)36-29(19-38(25-11-3-21(32)4-12-25)26-13-5-22(33)6-14-26)30(37-31)20-39(27-15-7-23(34)8-16-27)28-17-9-24(35)10-18-28/h3-18,29-30H,19-20H2,1-2H3. The predicted octanol–water partition coefficient (Wildman–Crippen LogP) is 8.39. The second kappa shape index (κ2) is 12.8. The third kappa shape index (κ3) is 7.56. The van der Waals surface area contributed by atoms with E-state index >= 15 is 0 Å². The Hall–Kier alpha value is -1.18. The minimum Gasteiger partial charge on any atom is -0.344 e. The molecule has 1 fully saturated rings. The maximum absolute atomic E-state index is 6.60. The molecule has 5 rings (SSSR count). The highest BCUT2D eigenvalue weighted by Gasteiger charge is 2.43. The minimum absolute atomic E-state index is 0.0953. The van der Waals surface area contributed by atoms with Crippen molar-refractivity contribution in [3.63, 3.8) is 0 Å². The molecule has 2 atom stereocenters. The summed E-state index contributed by atoms with van der Waals surface area (Å²) in [6, 6.07) is 32.6. The zero-order valence-corrected chi connectivity index (χ0v) is 26.3. The van der Waals surface area contributed by atoms with Gasteiger partial charge in [-0.1, -0.05) is 94.9 Å². The van der Waals surface area contributed by atoms with Crippen LogP contribution in [0.1, 0.15) is 13.8 Å². The second-order valence-corrected chi connectivity index (χ2v) is 16.1. The Morgan fingerprint density at radius 1 is 0.487 bits per heavy atom. The van der Waals surface area contributed by atoms with Gasteiger partial charge in [-0.05, 0) is 99.4 Å². The zero-order chi connectivity index (χ0) is 27.6. The van der Waals surface area contributed by atoms with Crippen LogP contribution in [0.25, 0.3) is 0 Å². The molecule has 0 spiro atoms. The van der Waals surface area contributed by atoms with Crippen LogP contribution in [0.4, 0.5) is 0 Å². The summed E-state index contributed by atoms with van der Waals surface area (Å²) >= 11 is 25.0. The normalized spacial score (nSPS) is 18.7. The highest BCUT2D eigenvalue weighted by molar-refractivity contribution is 7.73. The molecule has 2 nitrogen and oxygen atoms in total. The highest BCUT2D eigenvalue weighted by Crippen LogP contribution is 2.44. The lowest BCUT2D eigenvalue weighted by Crippen LogP contribution is -2.33. The summed E-state index contributed by atoms with van der Waals surface area (Å²) < 4.78 is 13.2. The Balaban J connectivity index is 1.48. The molecule has 0 bridgehead atoms. The van der Waals surface area contributed by atoms with Crippen LogP contribution >= 0.6 is 62.2 Å². The van der Waals surface area contributed by atoms with Gasteiger partial charge in [0.1, 0.15) is 0 Å². The Kier molecular flexibility index (Phi) is 9.60. The van der Waals surface area contributed by atoms with Crippen molar-refractivity contribution in [2.45, 2.75) is 31.8 Å². The third-order valence-electron chi connectivity index (χ3n) is 6.56. The molecule has 1 aliphatic heterocycles. The maximum atomic E-state index is 6.60. The lowest BCUT2D eigenvalue weighted by molar-refractivity contribution is -0.142. The van der Waals surface area contributed by atoms with Crippen molar-refractivity contribution in [3.8, 4) is 0 Å². The van der Waals surface area contributed by atoms with E-state index in [9.17, 15) is 0 Å². The smallest absolute Gasteiger partial charge is 0.163 e. The summed E-state index contributed by atoms with van der Waals surface area (Å²) in [6.07, 6.45) is 1.44. The summed E-state index contributed by atoms with van der Waals surface area (Å²) in [4.78, 5) is 0. The number of benzene rings is 4. The van der Waals surface area contributed by atoms with Crippen LogP contribution in [0.5, 0.6) is 0 Å². The topological polar surface area (TPSA) is 18.5 Å². The fourth-order valence-electron chi connectivity index (χ4n) is 4.78. The van der Waals surface area contributed by atoms with Gasteiger partial charge < -0.3 is 9.47 Å². The quantitative estimate of drug-likeness (QED) is 0.181. The van der Waals surface area contributed by atoms with E-state index < -0.39 is 21.6 Å². The van der Waals surface area contributed by atoms with Gasteiger partial charge in [0.15, 0.2) is 5.79 Å². The first-order chi connectivity index (χ1) is 18.7. The van der Waals surface area contributed by atoms with Gasteiger partial charge in [0, 0.05) is 32.4 Å². The van der Waals surface area contributed by atoms with Gasteiger partial charge in [-0.3, -0.25) is 0 Å². The Bertz CT molecular complexity index is 1180. The number of ether oxygens (including phenoxy) is 2. The first kappa shape index (κ1) is 29.3. The van der Waals surface area contributed by atoms with Gasteiger partial charge >= 0.3 is 0 Å². The highest BCUT2D eigenvalue weighted by atomic mass is 35.5. The molecule has 8 heteroatoms. The largest absolute Gasteiger partial charge is 0.344 e. The van der Waals surface area contributed by atoms with Crippen LogP contribution in [0.3, 0.4) is 0 Å². The van der Waals surface area contributed by atoms with E-state index in [2.05, 4.69) is 48.5 Å². The monoisotopic (exact) mass is 634 g/mol. The molecule has 4 aromatic carbocycles. The Morgan fingerprint density at radius 2 is 0.718 bits per heavy atom. The van der Waals surface area contributed by atoms with Crippen LogP contribution in [-0.2, 0) is 9.47 Å². The molecule has 1 saturated heterocycles. The van der Waals surface area contributed by atoms with E-state index in [0.29, 0.717) is 0 Å².